The number of fused-ring (bicyclic) bond motifs is 1. The van der Waals surface area contributed by atoms with E-state index in [1.54, 1.807) is 6.33 Å². The second-order valence-corrected chi connectivity index (χ2v) is 6.82. The molecule has 1 fully saturated rings. The number of anilines is 1. The lowest BCUT2D eigenvalue weighted by Crippen LogP contribution is -2.46. The number of aromatic nitrogens is 2. The standard InChI is InChI=1S/C22H24N4/c1-18-9-10-21-20(16-18)22(24-17-23-21)26-14-12-25(13-15-26)11-5-8-19-6-3-2-4-7-19/h2-10,16-17H,11-15H2,1H3/b8-5+. The minimum Gasteiger partial charge on any atom is -0.353 e. The Morgan fingerprint density at radius 1 is 0.962 bits per heavy atom. The molecule has 4 heteroatoms. The van der Waals surface area contributed by atoms with Gasteiger partial charge in [-0.2, -0.15) is 0 Å². The van der Waals surface area contributed by atoms with E-state index in [1.807, 2.05) is 0 Å². The van der Waals surface area contributed by atoms with Crippen molar-refractivity contribution in [2.75, 3.05) is 37.6 Å². The normalized spacial score (nSPS) is 15.8. The fourth-order valence-corrected chi connectivity index (χ4v) is 3.45. The van der Waals surface area contributed by atoms with Gasteiger partial charge in [0.1, 0.15) is 12.1 Å². The zero-order valence-corrected chi connectivity index (χ0v) is 15.2. The zero-order valence-electron chi connectivity index (χ0n) is 15.2. The van der Waals surface area contributed by atoms with E-state index in [1.165, 1.54) is 11.1 Å². The zero-order chi connectivity index (χ0) is 17.8. The molecule has 3 aromatic rings. The Morgan fingerprint density at radius 3 is 2.58 bits per heavy atom. The smallest absolute Gasteiger partial charge is 0.139 e. The fourth-order valence-electron chi connectivity index (χ4n) is 3.45. The van der Waals surface area contributed by atoms with Gasteiger partial charge in [-0.1, -0.05) is 54.1 Å². The van der Waals surface area contributed by atoms with Gasteiger partial charge in [-0.15, -0.1) is 0 Å². The fraction of sp³-hybridized carbons (Fsp3) is 0.273. The third-order valence-electron chi connectivity index (χ3n) is 4.92. The number of nitrogens with zero attached hydrogens (tertiary/aromatic N) is 4. The van der Waals surface area contributed by atoms with Crippen LogP contribution in [0.1, 0.15) is 11.1 Å². The molecule has 0 atom stereocenters. The lowest BCUT2D eigenvalue weighted by atomic mass is 10.1. The van der Waals surface area contributed by atoms with Crippen LogP contribution in [0.15, 0.2) is 60.9 Å². The first-order chi connectivity index (χ1) is 12.8. The van der Waals surface area contributed by atoms with Crippen molar-refractivity contribution in [3.05, 3.63) is 72.1 Å². The second kappa shape index (κ2) is 7.67. The van der Waals surface area contributed by atoms with Crippen LogP contribution in [0.4, 0.5) is 5.82 Å². The molecule has 0 unspecified atom stereocenters. The summed E-state index contributed by atoms with van der Waals surface area (Å²) in [7, 11) is 0. The van der Waals surface area contributed by atoms with Gasteiger partial charge in [0.2, 0.25) is 0 Å². The number of hydrogen-bond donors (Lipinski definition) is 0. The van der Waals surface area contributed by atoms with E-state index >= 15 is 0 Å². The number of hydrogen-bond acceptors (Lipinski definition) is 4. The molecule has 4 rings (SSSR count). The molecule has 2 heterocycles. The monoisotopic (exact) mass is 344 g/mol. The highest BCUT2D eigenvalue weighted by molar-refractivity contribution is 5.89. The summed E-state index contributed by atoms with van der Waals surface area (Å²) < 4.78 is 0. The molecule has 0 bridgehead atoms. The highest BCUT2D eigenvalue weighted by atomic mass is 15.3. The van der Waals surface area contributed by atoms with E-state index in [0.29, 0.717) is 0 Å². The highest BCUT2D eigenvalue weighted by Gasteiger charge is 2.19. The summed E-state index contributed by atoms with van der Waals surface area (Å²) in [4.78, 5) is 13.9. The van der Waals surface area contributed by atoms with Crippen molar-refractivity contribution in [1.29, 1.82) is 0 Å². The predicted molar refractivity (Wildman–Crippen MR) is 108 cm³/mol. The molecule has 0 aliphatic carbocycles. The van der Waals surface area contributed by atoms with Crippen LogP contribution in [0.25, 0.3) is 17.0 Å². The average Bonchev–Trinajstić information content (AvgIpc) is 2.69. The van der Waals surface area contributed by atoms with Gasteiger partial charge in [-0.3, -0.25) is 4.90 Å². The molecule has 0 saturated carbocycles. The number of benzene rings is 2. The lowest BCUT2D eigenvalue weighted by molar-refractivity contribution is 0.284. The SMILES string of the molecule is Cc1ccc2ncnc(N3CCN(C/C=C/c4ccccc4)CC3)c2c1. The number of piperazine rings is 1. The Labute approximate surface area is 154 Å². The predicted octanol–water partition coefficient (Wildman–Crippen LogP) is 3.77. The molecule has 1 aliphatic rings. The van der Waals surface area contributed by atoms with Crippen LogP contribution >= 0.6 is 0 Å². The van der Waals surface area contributed by atoms with Gasteiger partial charge in [-0.05, 0) is 24.6 Å². The van der Waals surface area contributed by atoms with E-state index in [0.717, 1.165) is 49.4 Å². The van der Waals surface area contributed by atoms with Crippen LogP contribution in [-0.4, -0.2) is 47.6 Å². The molecule has 2 aromatic carbocycles. The first-order valence-corrected chi connectivity index (χ1v) is 9.20. The van der Waals surface area contributed by atoms with Crippen LogP contribution in [0, 0.1) is 6.92 Å². The van der Waals surface area contributed by atoms with Crippen molar-refractivity contribution < 1.29 is 0 Å². The minimum atomic E-state index is 0.992. The van der Waals surface area contributed by atoms with Crippen molar-refractivity contribution in [2.45, 2.75) is 6.92 Å². The van der Waals surface area contributed by atoms with Crippen LogP contribution in [0.5, 0.6) is 0 Å². The molecular formula is C22H24N4. The van der Waals surface area contributed by atoms with E-state index in [2.05, 4.69) is 87.4 Å². The first-order valence-electron chi connectivity index (χ1n) is 9.20. The molecule has 0 radical (unpaired) electrons. The molecule has 0 N–H and O–H groups in total. The van der Waals surface area contributed by atoms with E-state index < -0.39 is 0 Å². The Kier molecular flexibility index (Phi) is 4.93. The largest absolute Gasteiger partial charge is 0.353 e. The van der Waals surface area contributed by atoms with Crippen LogP contribution < -0.4 is 4.90 Å². The Bertz CT molecular complexity index is 896. The molecule has 1 aliphatic heterocycles. The van der Waals surface area contributed by atoms with E-state index in [9.17, 15) is 0 Å². The minimum absolute atomic E-state index is 0.992. The highest BCUT2D eigenvalue weighted by Crippen LogP contribution is 2.24. The van der Waals surface area contributed by atoms with Gasteiger partial charge in [0.15, 0.2) is 0 Å². The maximum absolute atomic E-state index is 4.58. The van der Waals surface area contributed by atoms with Gasteiger partial charge in [-0.25, -0.2) is 9.97 Å². The summed E-state index contributed by atoms with van der Waals surface area (Å²) in [5.74, 6) is 1.07. The molecule has 0 spiro atoms. The maximum Gasteiger partial charge on any atom is 0.139 e. The summed E-state index contributed by atoms with van der Waals surface area (Å²) >= 11 is 0. The van der Waals surface area contributed by atoms with Gasteiger partial charge >= 0.3 is 0 Å². The Morgan fingerprint density at radius 2 is 1.77 bits per heavy atom. The summed E-state index contributed by atoms with van der Waals surface area (Å²) in [6, 6.07) is 16.9. The van der Waals surface area contributed by atoms with Crippen LogP contribution in [0.3, 0.4) is 0 Å². The molecule has 0 amide bonds. The molecule has 26 heavy (non-hydrogen) atoms. The van der Waals surface area contributed by atoms with Crippen LogP contribution in [-0.2, 0) is 0 Å². The molecule has 132 valence electrons. The molecular weight excluding hydrogens is 320 g/mol. The Hall–Kier alpha value is -2.72. The summed E-state index contributed by atoms with van der Waals surface area (Å²) in [5.41, 5.74) is 3.53. The molecule has 1 aromatic heterocycles. The maximum atomic E-state index is 4.58. The quantitative estimate of drug-likeness (QED) is 0.721. The van der Waals surface area contributed by atoms with Crippen molar-refractivity contribution in [3.8, 4) is 0 Å². The molecule has 4 nitrogen and oxygen atoms in total. The average molecular weight is 344 g/mol. The van der Waals surface area contributed by atoms with Crippen molar-refractivity contribution >= 4 is 22.8 Å². The van der Waals surface area contributed by atoms with Gasteiger partial charge in [0, 0.05) is 38.1 Å². The third kappa shape index (κ3) is 3.75. The van der Waals surface area contributed by atoms with Crippen LogP contribution in [0.2, 0.25) is 0 Å². The van der Waals surface area contributed by atoms with Gasteiger partial charge in [0.25, 0.3) is 0 Å². The topological polar surface area (TPSA) is 32.3 Å². The number of rotatable bonds is 4. The first kappa shape index (κ1) is 16.7. The van der Waals surface area contributed by atoms with E-state index in [4.69, 9.17) is 0 Å². The van der Waals surface area contributed by atoms with Gasteiger partial charge < -0.3 is 4.90 Å². The van der Waals surface area contributed by atoms with Crippen molar-refractivity contribution in [3.63, 3.8) is 0 Å². The van der Waals surface area contributed by atoms with E-state index in [-0.39, 0.29) is 0 Å². The third-order valence-corrected chi connectivity index (χ3v) is 4.92. The summed E-state index contributed by atoms with van der Waals surface area (Å²) in [5, 5.41) is 1.16. The summed E-state index contributed by atoms with van der Waals surface area (Å²) in [6.07, 6.45) is 6.14. The second-order valence-electron chi connectivity index (χ2n) is 6.82. The van der Waals surface area contributed by atoms with Crippen molar-refractivity contribution in [1.82, 2.24) is 14.9 Å². The van der Waals surface area contributed by atoms with Crippen molar-refractivity contribution in [2.24, 2.45) is 0 Å². The lowest BCUT2D eigenvalue weighted by Gasteiger charge is -2.35. The molecule has 1 saturated heterocycles. The Balaban J connectivity index is 1.40. The van der Waals surface area contributed by atoms with Gasteiger partial charge in [0.05, 0.1) is 5.52 Å². The summed E-state index contributed by atoms with van der Waals surface area (Å²) in [6.45, 7) is 7.21. The number of aryl methyl sites for hydroxylation is 1.